The number of rotatable bonds is 1. The molecule has 0 saturated heterocycles. The predicted octanol–water partition coefficient (Wildman–Crippen LogP) is 1.68. The molecule has 0 saturated carbocycles. The first-order chi connectivity index (χ1) is 8.94. The zero-order valence-corrected chi connectivity index (χ0v) is 11.3. The average Bonchev–Trinajstić information content (AvgIpc) is 2.71. The molecule has 98 valence electrons. The van der Waals surface area contributed by atoms with Crippen LogP contribution in [0, 0.1) is 0 Å². The van der Waals surface area contributed by atoms with Gasteiger partial charge in [0.05, 0.1) is 16.3 Å². The molecule has 7 heteroatoms. The van der Waals surface area contributed by atoms with E-state index in [0.717, 1.165) is 16.3 Å². The van der Waals surface area contributed by atoms with Crippen molar-refractivity contribution in [1.82, 2.24) is 15.3 Å². The fourth-order valence-electron chi connectivity index (χ4n) is 2.00. The molecule has 3 rings (SSSR count). The Hall–Kier alpha value is -2.15. The van der Waals surface area contributed by atoms with Crippen molar-refractivity contribution < 1.29 is 4.79 Å². The van der Waals surface area contributed by atoms with Crippen LogP contribution in [0.3, 0.4) is 0 Å². The Morgan fingerprint density at radius 2 is 2.16 bits per heavy atom. The molecule has 0 aromatic carbocycles. The third-order valence-electron chi connectivity index (χ3n) is 2.74. The maximum atomic E-state index is 12.0. The summed E-state index contributed by atoms with van der Waals surface area (Å²) >= 11 is 1.39. The Morgan fingerprint density at radius 3 is 2.89 bits per heavy atom. The first-order valence-corrected chi connectivity index (χ1v) is 6.60. The number of hydrogen-bond donors (Lipinski definition) is 3. The molecule has 6 nitrogen and oxygen atoms in total. The van der Waals surface area contributed by atoms with Gasteiger partial charge in [0.25, 0.3) is 5.91 Å². The van der Waals surface area contributed by atoms with Gasteiger partial charge in [-0.1, -0.05) is 0 Å². The van der Waals surface area contributed by atoms with Gasteiger partial charge in [-0.25, -0.2) is 9.97 Å². The molecule has 1 amide bonds. The van der Waals surface area contributed by atoms with Crippen LogP contribution in [0.4, 0.5) is 11.6 Å². The molecule has 0 radical (unpaired) electrons. The van der Waals surface area contributed by atoms with Crippen LogP contribution in [0.15, 0.2) is 18.3 Å². The van der Waals surface area contributed by atoms with Gasteiger partial charge < -0.3 is 16.4 Å². The Bertz CT molecular complexity index is 664. The van der Waals surface area contributed by atoms with E-state index in [0.29, 0.717) is 4.88 Å². The van der Waals surface area contributed by atoms with E-state index in [1.165, 1.54) is 11.3 Å². The second kappa shape index (κ2) is 3.92. The number of hydrogen-bond acceptors (Lipinski definition) is 6. The minimum absolute atomic E-state index is 0.0722. The number of nitrogen functional groups attached to an aromatic ring is 1. The highest BCUT2D eigenvalue weighted by Crippen LogP contribution is 2.37. The van der Waals surface area contributed by atoms with Gasteiger partial charge in [0.15, 0.2) is 0 Å². The van der Waals surface area contributed by atoms with Gasteiger partial charge in [-0.15, -0.1) is 11.3 Å². The van der Waals surface area contributed by atoms with Gasteiger partial charge in [0, 0.05) is 6.20 Å². The summed E-state index contributed by atoms with van der Waals surface area (Å²) in [4.78, 5) is 21.6. The van der Waals surface area contributed by atoms with Crippen molar-refractivity contribution in [3.05, 3.63) is 23.2 Å². The summed E-state index contributed by atoms with van der Waals surface area (Å²) in [5.74, 6) is 0.152. The first kappa shape index (κ1) is 11.9. The zero-order valence-electron chi connectivity index (χ0n) is 10.5. The normalized spacial score (nSPS) is 16.4. The van der Waals surface area contributed by atoms with Crippen molar-refractivity contribution in [2.24, 2.45) is 0 Å². The van der Waals surface area contributed by atoms with Gasteiger partial charge in [0.2, 0.25) is 5.95 Å². The number of aromatic nitrogens is 2. The molecular formula is C12H13N5OS. The van der Waals surface area contributed by atoms with Crippen molar-refractivity contribution >= 4 is 28.9 Å². The van der Waals surface area contributed by atoms with E-state index in [1.54, 1.807) is 12.3 Å². The van der Waals surface area contributed by atoms with Crippen molar-refractivity contribution in [3.63, 3.8) is 0 Å². The van der Waals surface area contributed by atoms with Crippen molar-refractivity contribution in [1.29, 1.82) is 0 Å². The standard InChI is InChI=1S/C12H13N5OS/c1-12(2)16-7-5-8(19-9(7)10(18)17-12)6-3-4-14-11(13)15-6/h3-5,16H,1-2H3,(H,17,18)(H2,13,14,15). The van der Waals surface area contributed by atoms with Gasteiger partial charge in [-0.05, 0) is 26.0 Å². The number of fused-ring (bicyclic) bond motifs is 1. The number of amides is 1. The monoisotopic (exact) mass is 275 g/mol. The van der Waals surface area contributed by atoms with E-state index < -0.39 is 5.66 Å². The van der Waals surface area contributed by atoms with E-state index in [9.17, 15) is 4.79 Å². The molecule has 0 atom stereocenters. The number of anilines is 2. The lowest BCUT2D eigenvalue weighted by molar-refractivity contribution is 0.0919. The van der Waals surface area contributed by atoms with Crippen LogP contribution in [-0.2, 0) is 0 Å². The summed E-state index contributed by atoms with van der Waals surface area (Å²) in [6, 6.07) is 3.69. The smallest absolute Gasteiger partial charge is 0.265 e. The number of carbonyl (C=O) groups is 1. The van der Waals surface area contributed by atoms with Crippen LogP contribution in [-0.4, -0.2) is 21.5 Å². The highest BCUT2D eigenvalue weighted by Gasteiger charge is 2.31. The van der Waals surface area contributed by atoms with Gasteiger partial charge in [0.1, 0.15) is 10.5 Å². The Morgan fingerprint density at radius 1 is 1.37 bits per heavy atom. The lowest BCUT2D eigenvalue weighted by atomic mass is 10.1. The van der Waals surface area contributed by atoms with Gasteiger partial charge in [-0.2, -0.15) is 0 Å². The summed E-state index contributed by atoms with van der Waals surface area (Å²) in [6.45, 7) is 3.82. The molecule has 3 heterocycles. The van der Waals surface area contributed by atoms with E-state index in [4.69, 9.17) is 5.73 Å². The molecule has 0 fully saturated rings. The Balaban J connectivity index is 2.06. The molecule has 2 aromatic heterocycles. The predicted molar refractivity (Wildman–Crippen MR) is 74.9 cm³/mol. The topological polar surface area (TPSA) is 92.9 Å². The van der Waals surface area contributed by atoms with E-state index in [-0.39, 0.29) is 11.9 Å². The fraction of sp³-hybridized carbons (Fsp3) is 0.250. The quantitative estimate of drug-likeness (QED) is 0.736. The van der Waals surface area contributed by atoms with E-state index in [2.05, 4.69) is 20.6 Å². The third kappa shape index (κ3) is 2.12. The maximum Gasteiger partial charge on any atom is 0.265 e. The first-order valence-electron chi connectivity index (χ1n) is 5.78. The van der Waals surface area contributed by atoms with Crippen LogP contribution in [0.2, 0.25) is 0 Å². The van der Waals surface area contributed by atoms with Crippen LogP contribution in [0.25, 0.3) is 10.6 Å². The number of nitrogens with zero attached hydrogens (tertiary/aromatic N) is 2. The SMILES string of the molecule is CC1(C)NC(=O)c2sc(-c3ccnc(N)n3)cc2N1. The summed E-state index contributed by atoms with van der Waals surface area (Å²) in [7, 11) is 0. The highest BCUT2D eigenvalue weighted by atomic mass is 32.1. The minimum atomic E-state index is -0.451. The van der Waals surface area contributed by atoms with Gasteiger partial charge >= 0.3 is 0 Å². The molecule has 0 spiro atoms. The van der Waals surface area contributed by atoms with Crippen LogP contribution in [0.5, 0.6) is 0 Å². The maximum absolute atomic E-state index is 12.0. The molecule has 0 aliphatic carbocycles. The molecule has 0 bridgehead atoms. The summed E-state index contributed by atoms with van der Waals surface area (Å²) in [6.07, 6.45) is 1.60. The lowest BCUT2D eigenvalue weighted by Gasteiger charge is -2.32. The summed E-state index contributed by atoms with van der Waals surface area (Å²) < 4.78 is 0. The number of carbonyl (C=O) groups excluding carboxylic acids is 1. The van der Waals surface area contributed by atoms with Crippen molar-refractivity contribution in [2.45, 2.75) is 19.5 Å². The van der Waals surface area contributed by atoms with Crippen molar-refractivity contribution in [3.8, 4) is 10.6 Å². The molecule has 1 aliphatic rings. The molecule has 19 heavy (non-hydrogen) atoms. The largest absolute Gasteiger partial charge is 0.368 e. The molecular weight excluding hydrogens is 262 g/mol. The Labute approximate surface area is 114 Å². The highest BCUT2D eigenvalue weighted by molar-refractivity contribution is 7.18. The average molecular weight is 275 g/mol. The number of nitrogens with one attached hydrogen (secondary N) is 2. The number of thiophene rings is 1. The number of nitrogens with two attached hydrogens (primary N) is 1. The van der Waals surface area contributed by atoms with E-state index in [1.807, 2.05) is 19.9 Å². The second-order valence-electron chi connectivity index (χ2n) is 4.86. The van der Waals surface area contributed by atoms with Crippen LogP contribution in [0.1, 0.15) is 23.5 Å². The summed E-state index contributed by atoms with van der Waals surface area (Å²) in [5.41, 5.74) is 6.67. The van der Waals surface area contributed by atoms with Gasteiger partial charge in [-0.3, -0.25) is 4.79 Å². The van der Waals surface area contributed by atoms with Crippen LogP contribution < -0.4 is 16.4 Å². The molecule has 0 unspecified atom stereocenters. The van der Waals surface area contributed by atoms with Crippen molar-refractivity contribution in [2.75, 3.05) is 11.1 Å². The minimum Gasteiger partial charge on any atom is -0.368 e. The Kier molecular flexibility index (Phi) is 2.46. The lowest BCUT2D eigenvalue weighted by Crippen LogP contribution is -2.52. The zero-order chi connectivity index (χ0) is 13.6. The summed E-state index contributed by atoms with van der Waals surface area (Å²) in [5, 5.41) is 6.17. The van der Waals surface area contributed by atoms with E-state index >= 15 is 0 Å². The third-order valence-corrected chi connectivity index (χ3v) is 3.89. The fourth-order valence-corrected chi connectivity index (χ4v) is 2.98. The molecule has 2 aromatic rings. The molecule has 4 N–H and O–H groups in total. The van der Waals surface area contributed by atoms with Crippen LogP contribution >= 0.6 is 11.3 Å². The second-order valence-corrected chi connectivity index (χ2v) is 5.91. The molecule has 1 aliphatic heterocycles.